The van der Waals surface area contributed by atoms with Gasteiger partial charge in [-0.1, -0.05) is 66.4 Å². The van der Waals surface area contributed by atoms with E-state index in [1.54, 1.807) is 71.8 Å². The number of nitrogens with one attached hydrogen (secondary N) is 2. The Bertz CT molecular complexity index is 1500. The first kappa shape index (κ1) is 27.6. The summed E-state index contributed by atoms with van der Waals surface area (Å²) in [6.07, 6.45) is 5.45. The number of amides is 2. The molecule has 0 radical (unpaired) electrons. The smallest absolute Gasteiger partial charge is 0.255 e. The molecule has 0 unspecified atom stereocenters. The Morgan fingerprint density at radius 2 is 1.74 bits per heavy atom. The molecule has 39 heavy (non-hydrogen) atoms. The number of carbonyl (C=O) groups excluding carboxylic acids is 2. The number of carbonyl (C=O) groups is 2. The molecule has 4 atom stereocenters. The molecular weight excluding hydrogens is 559 g/mol. The van der Waals surface area contributed by atoms with Crippen LogP contribution in [-0.4, -0.2) is 48.5 Å². The predicted molar refractivity (Wildman–Crippen MR) is 151 cm³/mol. The number of halogens is 2. The summed E-state index contributed by atoms with van der Waals surface area (Å²) < 4.78 is 27.4. The minimum Gasteiger partial charge on any atom is -0.326 e. The predicted octanol–water partition coefficient (Wildman–Crippen LogP) is 5.17. The maximum atomic E-state index is 14.3. The zero-order valence-corrected chi connectivity index (χ0v) is 23.5. The van der Waals surface area contributed by atoms with Crippen LogP contribution in [0.3, 0.4) is 0 Å². The van der Waals surface area contributed by atoms with Gasteiger partial charge < -0.3 is 10.2 Å². The second-order valence-electron chi connectivity index (χ2n) is 9.94. The first-order valence-corrected chi connectivity index (χ1v) is 15.3. The summed E-state index contributed by atoms with van der Waals surface area (Å²) in [5.74, 6) is -1.13. The number of hydrogen-bond acceptors (Lipinski definition) is 5. The third-order valence-corrected chi connectivity index (χ3v) is 8.60. The fraction of sp³-hybridized carbons (Fsp3) is 0.321. The standard InChI is InChI=1S/C28H28Cl2N4O4S/c1-39(37,38)33-22-10-4-5-11-23(22)34-26(20-14-13-17(29)16-21(20)30)25(18-8-2-3-9-19(18)28(34)36)27(35)32-24-12-6-7-15-31-24/h2-3,6-9,12-16,22-23,25-26,33H,4-5,10-11H2,1H3,(H,31,32,35)/t22-,23-,25+,26-/m0/s1. The molecule has 1 fully saturated rings. The molecule has 2 amide bonds. The van der Waals surface area contributed by atoms with Gasteiger partial charge in [-0.2, -0.15) is 0 Å². The van der Waals surface area contributed by atoms with Crippen LogP contribution in [0.4, 0.5) is 5.82 Å². The molecule has 1 aliphatic carbocycles. The van der Waals surface area contributed by atoms with E-state index in [4.69, 9.17) is 23.2 Å². The Labute approximate surface area is 237 Å². The van der Waals surface area contributed by atoms with Gasteiger partial charge in [-0.3, -0.25) is 9.59 Å². The summed E-state index contributed by atoms with van der Waals surface area (Å²) in [7, 11) is -3.56. The highest BCUT2D eigenvalue weighted by atomic mass is 35.5. The van der Waals surface area contributed by atoms with Crippen molar-refractivity contribution in [3.05, 3.63) is 93.6 Å². The Morgan fingerprint density at radius 3 is 2.46 bits per heavy atom. The SMILES string of the molecule is CS(=O)(=O)N[C@H]1CCCC[C@@H]1N1C(=O)c2ccccc2[C@@H](C(=O)Nc2ccccn2)[C@@H]1c1ccc(Cl)cc1Cl. The van der Waals surface area contributed by atoms with E-state index >= 15 is 0 Å². The van der Waals surface area contributed by atoms with Gasteiger partial charge in [-0.25, -0.2) is 18.1 Å². The highest BCUT2D eigenvalue weighted by Gasteiger charge is 2.49. The van der Waals surface area contributed by atoms with Gasteiger partial charge in [-0.05, 0) is 54.3 Å². The fourth-order valence-corrected chi connectivity index (χ4v) is 7.11. The number of benzene rings is 2. The van der Waals surface area contributed by atoms with Gasteiger partial charge in [0.25, 0.3) is 5.91 Å². The Hall–Kier alpha value is -2.98. The van der Waals surface area contributed by atoms with Crippen LogP contribution in [0.15, 0.2) is 66.9 Å². The van der Waals surface area contributed by atoms with E-state index in [1.165, 1.54) is 0 Å². The highest BCUT2D eigenvalue weighted by Crippen LogP contribution is 2.48. The molecule has 3 aromatic rings. The molecule has 204 valence electrons. The van der Waals surface area contributed by atoms with Crippen molar-refractivity contribution in [1.29, 1.82) is 0 Å². The van der Waals surface area contributed by atoms with Gasteiger partial charge >= 0.3 is 0 Å². The number of aromatic nitrogens is 1. The molecule has 8 nitrogen and oxygen atoms in total. The molecule has 0 saturated heterocycles. The Kier molecular flexibility index (Phi) is 7.96. The Balaban J connectivity index is 1.70. The maximum absolute atomic E-state index is 14.3. The average Bonchev–Trinajstić information content (AvgIpc) is 2.89. The summed E-state index contributed by atoms with van der Waals surface area (Å²) in [5, 5.41) is 3.63. The molecule has 2 N–H and O–H groups in total. The molecule has 2 heterocycles. The van der Waals surface area contributed by atoms with Crippen LogP contribution < -0.4 is 10.0 Å². The lowest BCUT2D eigenvalue weighted by atomic mass is 9.76. The van der Waals surface area contributed by atoms with Crippen LogP contribution >= 0.6 is 23.2 Å². The molecule has 2 aliphatic rings. The van der Waals surface area contributed by atoms with E-state index in [0.29, 0.717) is 45.4 Å². The van der Waals surface area contributed by atoms with E-state index in [9.17, 15) is 18.0 Å². The topological polar surface area (TPSA) is 108 Å². The molecule has 11 heteroatoms. The van der Waals surface area contributed by atoms with Crippen LogP contribution in [0.1, 0.15) is 59.1 Å². The summed E-state index contributed by atoms with van der Waals surface area (Å²) in [6, 6.07) is 15.4. The summed E-state index contributed by atoms with van der Waals surface area (Å²) >= 11 is 13.0. The molecule has 2 aromatic carbocycles. The minimum absolute atomic E-state index is 0.282. The number of anilines is 1. The molecule has 0 spiro atoms. The van der Waals surface area contributed by atoms with Crippen molar-refractivity contribution in [2.24, 2.45) is 0 Å². The zero-order chi connectivity index (χ0) is 27.7. The second kappa shape index (κ2) is 11.3. The van der Waals surface area contributed by atoms with Crippen LogP contribution in [0.5, 0.6) is 0 Å². The van der Waals surface area contributed by atoms with Gasteiger partial charge in [0, 0.05) is 33.9 Å². The molecular formula is C28H28Cl2N4O4S. The second-order valence-corrected chi connectivity index (χ2v) is 12.6. The minimum atomic E-state index is -3.56. The van der Waals surface area contributed by atoms with Crippen molar-refractivity contribution in [3.63, 3.8) is 0 Å². The summed E-state index contributed by atoms with van der Waals surface area (Å²) in [6.45, 7) is 0. The van der Waals surface area contributed by atoms with E-state index in [0.717, 1.165) is 19.1 Å². The van der Waals surface area contributed by atoms with Gasteiger partial charge in [-0.15, -0.1) is 0 Å². The van der Waals surface area contributed by atoms with E-state index in [1.807, 2.05) is 0 Å². The highest BCUT2D eigenvalue weighted by molar-refractivity contribution is 7.88. The van der Waals surface area contributed by atoms with Gasteiger partial charge in [0.15, 0.2) is 0 Å². The van der Waals surface area contributed by atoms with Crippen molar-refractivity contribution in [2.75, 3.05) is 11.6 Å². The summed E-state index contributed by atoms with van der Waals surface area (Å²) in [4.78, 5) is 34.2. The lowest BCUT2D eigenvalue weighted by Crippen LogP contribution is -2.58. The number of fused-ring (bicyclic) bond motifs is 1. The number of rotatable bonds is 6. The van der Waals surface area contributed by atoms with Crippen molar-refractivity contribution >= 4 is 50.9 Å². The zero-order valence-electron chi connectivity index (χ0n) is 21.2. The van der Waals surface area contributed by atoms with E-state index in [2.05, 4.69) is 15.0 Å². The third-order valence-electron chi connectivity index (χ3n) is 7.31. The quantitative estimate of drug-likeness (QED) is 0.414. The third kappa shape index (κ3) is 5.82. The van der Waals surface area contributed by atoms with Crippen LogP contribution in [-0.2, 0) is 14.8 Å². The van der Waals surface area contributed by atoms with E-state index in [-0.39, 0.29) is 11.8 Å². The van der Waals surface area contributed by atoms with Crippen LogP contribution in [0.2, 0.25) is 10.0 Å². The van der Waals surface area contributed by atoms with Crippen LogP contribution in [0, 0.1) is 0 Å². The summed E-state index contributed by atoms with van der Waals surface area (Å²) in [5.41, 5.74) is 1.50. The van der Waals surface area contributed by atoms with Crippen LogP contribution in [0.25, 0.3) is 0 Å². The number of pyridine rings is 1. The average molecular weight is 588 g/mol. The van der Waals surface area contributed by atoms with Gasteiger partial charge in [0.1, 0.15) is 5.82 Å². The lowest BCUT2D eigenvalue weighted by molar-refractivity contribution is -0.119. The fourth-order valence-electron chi connectivity index (χ4n) is 5.77. The van der Waals surface area contributed by atoms with Crippen molar-refractivity contribution in [1.82, 2.24) is 14.6 Å². The molecule has 1 aromatic heterocycles. The normalized spacial score (nSPS) is 23.3. The van der Waals surface area contributed by atoms with Gasteiger partial charge in [0.2, 0.25) is 15.9 Å². The maximum Gasteiger partial charge on any atom is 0.255 e. The first-order chi connectivity index (χ1) is 18.6. The monoisotopic (exact) mass is 586 g/mol. The lowest BCUT2D eigenvalue weighted by Gasteiger charge is -2.49. The van der Waals surface area contributed by atoms with Gasteiger partial charge in [0.05, 0.1) is 18.2 Å². The Morgan fingerprint density at radius 1 is 1.00 bits per heavy atom. The number of nitrogens with zero attached hydrogens (tertiary/aromatic N) is 2. The molecule has 1 saturated carbocycles. The van der Waals surface area contributed by atoms with Crippen molar-refractivity contribution in [2.45, 2.75) is 49.7 Å². The number of sulfonamides is 1. The number of hydrogen-bond donors (Lipinski definition) is 2. The molecule has 5 rings (SSSR count). The largest absolute Gasteiger partial charge is 0.326 e. The molecule has 1 aliphatic heterocycles. The van der Waals surface area contributed by atoms with Crippen molar-refractivity contribution < 1.29 is 18.0 Å². The molecule has 0 bridgehead atoms. The van der Waals surface area contributed by atoms with Crippen molar-refractivity contribution in [3.8, 4) is 0 Å². The first-order valence-electron chi connectivity index (χ1n) is 12.7. The van der Waals surface area contributed by atoms with E-state index < -0.39 is 34.1 Å².